The second-order valence-corrected chi connectivity index (χ2v) is 27.6. The van der Waals surface area contributed by atoms with E-state index >= 15 is 14.4 Å². The first kappa shape index (κ1) is 87.6. The number of thiol groups is 2. The van der Waals surface area contributed by atoms with Crippen molar-refractivity contribution in [2.45, 2.75) is 131 Å². The number of benzene rings is 5. The third kappa shape index (κ3) is 26.6. The quantitative estimate of drug-likeness (QED) is 0.0169. The molecule has 0 unspecified atom stereocenters. The number of carbonyl (C=O) groups is 14. The summed E-state index contributed by atoms with van der Waals surface area (Å²) in [6.45, 7) is -1.72. The van der Waals surface area contributed by atoms with Crippen LogP contribution in [-0.4, -0.2) is 219 Å². The van der Waals surface area contributed by atoms with Crippen LogP contribution >= 0.6 is 25.3 Å². The molecule has 0 aliphatic heterocycles. The van der Waals surface area contributed by atoms with Crippen molar-refractivity contribution in [2.75, 3.05) is 24.7 Å². The highest BCUT2D eigenvalue weighted by Gasteiger charge is 2.38. The Labute approximate surface area is 667 Å². The minimum absolute atomic E-state index is 0.0973. The van der Waals surface area contributed by atoms with Gasteiger partial charge in [-0.1, -0.05) is 72.8 Å². The van der Waals surface area contributed by atoms with E-state index in [-0.39, 0.29) is 73.6 Å². The second kappa shape index (κ2) is 42.6. The lowest BCUT2D eigenvalue weighted by atomic mass is 10.0. The fraction of sp³-hybridized carbons (Fsp3) is 0.329. The Hall–Kier alpha value is -13.0. The molecule has 5 aromatic carbocycles. The Bertz CT molecular complexity index is 4760. The summed E-state index contributed by atoms with van der Waals surface area (Å²) in [6.07, 6.45) is 1.66. The molecule has 8 rings (SSSR count). The first-order valence-electron chi connectivity index (χ1n) is 36.1. The molecule has 0 radical (unpaired) electrons. The summed E-state index contributed by atoms with van der Waals surface area (Å²) in [5.41, 5.74) is 20.0. The molecule has 0 aliphatic rings. The van der Waals surface area contributed by atoms with E-state index in [2.05, 4.69) is 104 Å². The van der Waals surface area contributed by atoms with Gasteiger partial charge < -0.3 is 116 Å². The minimum Gasteiger partial charge on any atom is -0.508 e. The van der Waals surface area contributed by atoms with Crippen molar-refractivity contribution in [3.8, 4) is 17.2 Å². The van der Waals surface area contributed by atoms with Gasteiger partial charge >= 0.3 is 5.97 Å². The maximum absolute atomic E-state index is 15.4. The lowest BCUT2D eigenvalue weighted by molar-refractivity contribution is -0.138. The number of H-pyrrole nitrogens is 3. The number of phenolic OH excluding ortho intramolecular Hbond substituents is 3. The van der Waals surface area contributed by atoms with E-state index < -0.39 is 187 Å². The zero-order valence-corrected chi connectivity index (χ0v) is 63.4. The number of aromatic nitrogens is 4. The number of aromatic amines is 3. The molecular weight excluding hydrogens is 1530 g/mol. The maximum Gasteiger partial charge on any atom is 0.303 e. The molecule has 3 heterocycles. The number of carbonyl (C=O) groups excluding carboxylic acids is 13. The molecule has 0 spiro atoms. The van der Waals surface area contributed by atoms with Crippen LogP contribution in [0.1, 0.15) is 59.2 Å². The number of aliphatic carboxylic acids is 1. The summed E-state index contributed by atoms with van der Waals surface area (Å²) in [5.74, 6) is -15.7. The maximum atomic E-state index is 15.4. The summed E-state index contributed by atoms with van der Waals surface area (Å²) < 4.78 is 0. The van der Waals surface area contributed by atoms with Crippen LogP contribution in [0, 0.1) is 0 Å². The molecule has 13 amide bonds. The van der Waals surface area contributed by atoms with Crippen LogP contribution in [0.4, 0.5) is 0 Å². The van der Waals surface area contributed by atoms with Gasteiger partial charge in [-0.05, 0) is 89.2 Å². The van der Waals surface area contributed by atoms with Crippen LogP contribution in [-0.2, 0) is 106 Å². The van der Waals surface area contributed by atoms with Gasteiger partial charge in [-0.15, -0.1) is 0 Å². The number of carboxylic acid groups (broad SMARTS) is 1. The number of nitrogens with two attached hydrogens (primary N) is 3. The Morgan fingerprint density at radius 3 is 1.12 bits per heavy atom. The zero-order chi connectivity index (χ0) is 83.4. The van der Waals surface area contributed by atoms with Crippen LogP contribution in [0.5, 0.6) is 17.2 Å². The molecule has 25 N–H and O–H groups in total. The number of nitrogens with zero attached hydrogens (tertiary/aromatic N) is 1. The summed E-state index contributed by atoms with van der Waals surface area (Å²) >= 11 is 8.36. The van der Waals surface area contributed by atoms with Crippen molar-refractivity contribution >= 4 is 130 Å². The molecule has 0 aliphatic carbocycles. The molecule has 0 fully saturated rings. The van der Waals surface area contributed by atoms with Crippen LogP contribution in [0.2, 0.25) is 0 Å². The van der Waals surface area contributed by atoms with E-state index in [1.807, 2.05) is 0 Å². The van der Waals surface area contributed by atoms with Crippen molar-refractivity contribution in [3.05, 3.63) is 180 Å². The van der Waals surface area contributed by atoms with Crippen molar-refractivity contribution in [3.63, 3.8) is 0 Å². The van der Waals surface area contributed by atoms with Crippen LogP contribution in [0.3, 0.4) is 0 Å². The SMILES string of the molecule is NC(=O)CC[C@H](NC(=O)[C@@H](N)CS)C(=O)N[C@@H](CO)C(=O)N[C@@H](Cc1c[nH]c2ccccc12)C(=O)N[C@@H](CCC(=O)O)C(=O)N[C@@H](CS)C(=O)N[C@@H](Cc1ccc(O)cc1)C(=O)N[C@@H](Cc1c[nH]c2ccccc12)C(=O)N[C@@H](Cc1cnc[nH]1)C(=O)N[C@@H](Cc1ccc(O)cc1)C(=O)N[C@@H](Cc1ccc(O)cc1)C(=O)NCC(N)=O. The lowest BCUT2D eigenvalue weighted by Crippen LogP contribution is -2.62. The van der Waals surface area contributed by atoms with Gasteiger partial charge in [0.1, 0.15) is 77.7 Å². The number of imidazole rings is 1. The average Bonchev–Trinajstić information content (AvgIpc) is 1.73. The van der Waals surface area contributed by atoms with Crippen molar-refractivity contribution in [1.29, 1.82) is 0 Å². The number of phenols is 3. The van der Waals surface area contributed by atoms with Crippen molar-refractivity contribution in [2.24, 2.45) is 17.2 Å². The van der Waals surface area contributed by atoms with Crippen molar-refractivity contribution < 1.29 is 92.7 Å². The summed E-state index contributed by atoms with van der Waals surface area (Å²) in [4.78, 5) is 208. The number of aliphatic hydroxyl groups is 1. The predicted octanol–water partition coefficient (Wildman–Crippen LogP) is -3.00. The molecule has 0 bridgehead atoms. The van der Waals surface area contributed by atoms with Gasteiger partial charge in [-0.2, -0.15) is 25.3 Å². The van der Waals surface area contributed by atoms with Gasteiger partial charge in [0.05, 0.1) is 25.5 Å². The number of hydrogen-bond acceptors (Lipinski definition) is 22. The molecule has 37 nitrogen and oxygen atoms in total. The van der Waals surface area contributed by atoms with Gasteiger partial charge in [0, 0.05) is 109 Å². The number of aliphatic hydroxyl groups excluding tert-OH is 1. The standard InChI is InChI=1S/C76H90N18O19S2/c77-50(36-114)66(103)85-53(21-23-63(78)99)68(105)93-61(35-95)75(112)91-58(28-42-31-81-51-7-3-1-5-48(42)51)72(109)86-54(22-24-65(101)102)69(106)94-62(37-115)76(113)89-57(27-41-13-19-47(98)20-14-41)71(108)90-59(29-43-32-82-52-8-4-2-6-49(43)52)73(110)92-60(30-44-33-80-38-84-44)74(111)88-56(26-40-11-17-46(97)18-12-40)70(107)87-55(67(104)83-34-64(79)100)25-39-9-15-45(96)16-10-39/h1-20,31-33,38,50,53-62,81-82,95-98,114-115H,21-30,34-37,77H2,(H2,78,99)(H2,79,100)(H,80,84)(H,83,104)(H,85,103)(H,86,109)(H,87,107)(H,88,111)(H,89,113)(H,90,108)(H,91,112)(H,92,110)(H,93,105)(H,94,106)(H,101,102)/t50-,53-,54-,55-,56-,57-,58-,59-,60-,61-,62-/m0/s1. The van der Waals surface area contributed by atoms with E-state index in [4.69, 9.17) is 17.2 Å². The third-order valence-electron chi connectivity index (χ3n) is 18.3. The minimum atomic E-state index is -1.86. The monoisotopic (exact) mass is 1620 g/mol. The molecule has 0 saturated heterocycles. The summed E-state index contributed by atoms with van der Waals surface area (Å²) in [6, 6.07) is 12.6. The van der Waals surface area contributed by atoms with E-state index in [9.17, 15) is 78.3 Å². The number of rotatable bonds is 44. The number of fused-ring (bicyclic) bond motifs is 2. The van der Waals surface area contributed by atoms with E-state index in [0.29, 0.717) is 49.6 Å². The van der Waals surface area contributed by atoms with Gasteiger partial charge in [0.2, 0.25) is 76.8 Å². The fourth-order valence-electron chi connectivity index (χ4n) is 12.1. The van der Waals surface area contributed by atoms with Gasteiger partial charge in [0.15, 0.2) is 0 Å². The third-order valence-corrected chi connectivity index (χ3v) is 19.1. The first-order valence-corrected chi connectivity index (χ1v) is 37.3. The number of hydrogen-bond donors (Lipinski definition) is 24. The molecule has 0 saturated carbocycles. The van der Waals surface area contributed by atoms with Crippen LogP contribution in [0.25, 0.3) is 21.8 Å². The Morgan fingerprint density at radius 2 is 0.739 bits per heavy atom. The zero-order valence-electron chi connectivity index (χ0n) is 61.6. The summed E-state index contributed by atoms with van der Waals surface area (Å²) in [5, 5.41) is 79.9. The molecule has 3 aromatic heterocycles. The Morgan fingerprint density at radius 1 is 0.391 bits per heavy atom. The highest BCUT2D eigenvalue weighted by Crippen LogP contribution is 2.23. The smallest absolute Gasteiger partial charge is 0.303 e. The highest BCUT2D eigenvalue weighted by molar-refractivity contribution is 7.80. The predicted molar refractivity (Wildman–Crippen MR) is 421 cm³/mol. The van der Waals surface area contributed by atoms with E-state index in [1.165, 1.54) is 91.5 Å². The van der Waals surface area contributed by atoms with Gasteiger partial charge in [0.25, 0.3) is 0 Å². The first-order chi connectivity index (χ1) is 55.0. The number of primary amides is 2. The molecule has 115 heavy (non-hydrogen) atoms. The number of para-hydroxylation sites is 2. The topological polar surface area (TPSA) is 611 Å². The van der Waals surface area contributed by atoms with Crippen LogP contribution < -0.4 is 75.7 Å². The number of aromatic hydroxyl groups is 3. The number of carboxylic acids is 1. The van der Waals surface area contributed by atoms with Gasteiger partial charge in [-0.3, -0.25) is 67.1 Å². The molecule has 39 heteroatoms. The molecule has 11 atom stereocenters. The fourth-order valence-corrected chi connectivity index (χ4v) is 12.5. The van der Waals surface area contributed by atoms with Crippen molar-refractivity contribution in [1.82, 2.24) is 78.4 Å². The molecule has 610 valence electrons. The molecular formula is C76H90N18O19S2. The molecule has 8 aromatic rings. The van der Waals surface area contributed by atoms with Gasteiger partial charge in [-0.25, -0.2) is 4.98 Å². The second-order valence-electron chi connectivity index (χ2n) is 26.9. The largest absolute Gasteiger partial charge is 0.508 e. The Balaban J connectivity index is 1.06. The van der Waals surface area contributed by atoms with E-state index in [0.717, 1.165) is 0 Å². The number of amides is 13. The highest BCUT2D eigenvalue weighted by atomic mass is 32.1. The number of nitrogens with one attached hydrogen (secondary N) is 14. The average molecular weight is 1620 g/mol. The Kier molecular flexibility index (Phi) is 32.4. The lowest BCUT2D eigenvalue weighted by Gasteiger charge is -2.28. The normalized spacial score (nSPS) is 14.0. The summed E-state index contributed by atoms with van der Waals surface area (Å²) in [7, 11) is 0. The van der Waals surface area contributed by atoms with Crippen LogP contribution in [0.15, 0.2) is 146 Å². The van der Waals surface area contributed by atoms with E-state index in [1.54, 1.807) is 54.7 Å².